The van der Waals surface area contributed by atoms with Crippen molar-refractivity contribution < 1.29 is 9.59 Å². The number of primary amides is 1. The van der Waals surface area contributed by atoms with Gasteiger partial charge in [0, 0.05) is 6.54 Å². The van der Waals surface area contributed by atoms with Gasteiger partial charge in [-0.1, -0.05) is 12.1 Å². The zero-order chi connectivity index (χ0) is 13.1. The quantitative estimate of drug-likeness (QED) is 0.733. The number of anilines is 1. The van der Waals surface area contributed by atoms with Crippen molar-refractivity contribution >= 4 is 17.5 Å². The molecule has 0 aromatic heterocycles. The highest BCUT2D eigenvalue weighted by Crippen LogP contribution is 2.25. The third-order valence-corrected chi connectivity index (χ3v) is 3.09. The van der Waals surface area contributed by atoms with Crippen molar-refractivity contribution in [2.24, 2.45) is 5.73 Å². The number of rotatable bonds is 3. The predicted molar refractivity (Wildman–Crippen MR) is 69.4 cm³/mol. The van der Waals surface area contributed by atoms with Gasteiger partial charge in [0.25, 0.3) is 5.91 Å². The van der Waals surface area contributed by atoms with E-state index in [1.165, 1.54) is 0 Å². The number of hydrogen-bond donors (Lipinski definition) is 3. The second-order valence-corrected chi connectivity index (χ2v) is 4.47. The lowest BCUT2D eigenvalue weighted by atomic mass is 9.99. The molecule has 1 aliphatic heterocycles. The normalized spacial score (nSPS) is 15.2. The van der Waals surface area contributed by atoms with E-state index < -0.39 is 11.9 Å². The van der Waals surface area contributed by atoms with Crippen molar-refractivity contribution in [2.75, 3.05) is 11.9 Å². The summed E-state index contributed by atoms with van der Waals surface area (Å²) in [7, 11) is 0. The van der Waals surface area contributed by atoms with Gasteiger partial charge in [0.2, 0.25) is 5.91 Å². The lowest BCUT2D eigenvalue weighted by Gasteiger charge is -2.21. The Bertz CT molecular complexity index is 485. The fourth-order valence-corrected chi connectivity index (χ4v) is 2.04. The number of nitrogens with one attached hydrogen (secondary N) is 2. The van der Waals surface area contributed by atoms with E-state index in [0.717, 1.165) is 30.6 Å². The molecule has 1 aromatic carbocycles. The second kappa shape index (κ2) is 5.08. The fraction of sp³-hybridized carbons (Fsp3) is 0.385. The molecule has 1 aliphatic rings. The van der Waals surface area contributed by atoms with Gasteiger partial charge in [0.1, 0.15) is 6.04 Å². The molecular weight excluding hydrogens is 230 g/mol. The smallest absolute Gasteiger partial charge is 0.254 e. The molecule has 0 aliphatic carbocycles. The largest absolute Gasteiger partial charge is 0.384 e. The minimum absolute atomic E-state index is 0.271. The molecule has 0 saturated carbocycles. The van der Waals surface area contributed by atoms with Gasteiger partial charge in [0.15, 0.2) is 0 Å². The molecule has 2 amide bonds. The van der Waals surface area contributed by atoms with Crippen LogP contribution in [0.5, 0.6) is 0 Å². The van der Waals surface area contributed by atoms with Gasteiger partial charge in [-0.3, -0.25) is 9.59 Å². The molecule has 5 heteroatoms. The van der Waals surface area contributed by atoms with Gasteiger partial charge >= 0.3 is 0 Å². The van der Waals surface area contributed by atoms with Crippen LogP contribution in [0.3, 0.4) is 0 Å². The van der Waals surface area contributed by atoms with Crippen molar-refractivity contribution in [1.82, 2.24) is 5.32 Å². The minimum Gasteiger partial charge on any atom is -0.384 e. The van der Waals surface area contributed by atoms with Crippen LogP contribution in [0.15, 0.2) is 18.2 Å². The van der Waals surface area contributed by atoms with Crippen LogP contribution < -0.4 is 16.4 Å². The van der Waals surface area contributed by atoms with Gasteiger partial charge in [-0.25, -0.2) is 0 Å². The summed E-state index contributed by atoms with van der Waals surface area (Å²) in [6.07, 6.45) is 2.03. The van der Waals surface area contributed by atoms with E-state index in [4.69, 9.17) is 5.73 Å². The number of amides is 2. The number of para-hydroxylation sites is 1. The van der Waals surface area contributed by atoms with Gasteiger partial charge in [-0.15, -0.1) is 0 Å². The van der Waals surface area contributed by atoms with E-state index in [1.54, 1.807) is 13.0 Å². The van der Waals surface area contributed by atoms with Gasteiger partial charge in [-0.2, -0.15) is 0 Å². The van der Waals surface area contributed by atoms with Crippen LogP contribution in [-0.2, 0) is 11.2 Å². The molecule has 1 aromatic rings. The van der Waals surface area contributed by atoms with Crippen molar-refractivity contribution in [3.63, 3.8) is 0 Å². The summed E-state index contributed by atoms with van der Waals surface area (Å²) in [6.45, 7) is 2.44. The minimum atomic E-state index is -0.669. The molecule has 0 radical (unpaired) electrons. The Hall–Kier alpha value is -2.04. The molecule has 1 atom stereocenters. The van der Waals surface area contributed by atoms with Gasteiger partial charge in [0.05, 0.1) is 11.3 Å². The van der Waals surface area contributed by atoms with Gasteiger partial charge in [-0.05, 0) is 31.4 Å². The van der Waals surface area contributed by atoms with Crippen LogP contribution in [0.2, 0.25) is 0 Å². The zero-order valence-electron chi connectivity index (χ0n) is 10.3. The number of nitrogens with two attached hydrogens (primary N) is 1. The number of benzene rings is 1. The highest BCUT2D eigenvalue weighted by atomic mass is 16.2. The molecule has 96 valence electrons. The SMILES string of the molecule is CC(NC(=O)c1cccc2c1NCCC2)C(N)=O. The highest BCUT2D eigenvalue weighted by Gasteiger charge is 2.19. The predicted octanol–water partition coefficient (Wildman–Crippen LogP) is 0.648. The number of carbonyl (C=O) groups is 2. The molecule has 1 heterocycles. The van der Waals surface area contributed by atoms with Crippen molar-refractivity contribution in [1.29, 1.82) is 0 Å². The molecule has 5 nitrogen and oxygen atoms in total. The maximum Gasteiger partial charge on any atom is 0.254 e. The van der Waals surface area contributed by atoms with Crippen molar-refractivity contribution in [2.45, 2.75) is 25.8 Å². The maximum absolute atomic E-state index is 12.1. The zero-order valence-corrected chi connectivity index (χ0v) is 10.3. The molecule has 2 rings (SSSR count). The highest BCUT2D eigenvalue weighted by molar-refractivity contribution is 6.02. The lowest BCUT2D eigenvalue weighted by Crippen LogP contribution is -2.42. The molecule has 0 saturated heterocycles. The Morgan fingerprint density at radius 1 is 1.44 bits per heavy atom. The summed E-state index contributed by atoms with van der Waals surface area (Å²) in [6, 6.07) is 4.95. The number of carbonyl (C=O) groups excluding carboxylic acids is 2. The van der Waals surface area contributed by atoms with E-state index in [9.17, 15) is 9.59 Å². The topological polar surface area (TPSA) is 84.2 Å². The molecule has 1 unspecified atom stereocenters. The second-order valence-electron chi connectivity index (χ2n) is 4.47. The first-order chi connectivity index (χ1) is 8.59. The molecule has 18 heavy (non-hydrogen) atoms. The Labute approximate surface area is 106 Å². The average molecular weight is 247 g/mol. The third kappa shape index (κ3) is 2.45. The average Bonchev–Trinajstić information content (AvgIpc) is 2.37. The fourth-order valence-electron chi connectivity index (χ4n) is 2.04. The lowest BCUT2D eigenvalue weighted by molar-refractivity contribution is -0.119. The third-order valence-electron chi connectivity index (χ3n) is 3.09. The summed E-state index contributed by atoms with van der Waals surface area (Å²) < 4.78 is 0. The Kier molecular flexibility index (Phi) is 3.50. The van der Waals surface area contributed by atoms with Crippen LogP contribution in [-0.4, -0.2) is 24.4 Å². The van der Waals surface area contributed by atoms with E-state index >= 15 is 0 Å². The van der Waals surface area contributed by atoms with E-state index in [-0.39, 0.29) is 5.91 Å². The Balaban J connectivity index is 2.23. The number of aryl methyl sites for hydroxylation is 1. The van der Waals surface area contributed by atoms with Crippen LogP contribution in [0.4, 0.5) is 5.69 Å². The molecule has 0 fully saturated rings. The first-order valence-electron chi connectivity index (χ1n) is 6.05. The van der Waals surface area contributed by atoms with Crippen molar-refractivity contribution in [3.05, 3.63) is 29.3 Å². The first-order valence-corrected chi connectivity index (χ1v) is 6.05. The Morgan fingerprint density at radius 2 is 2.22 bits per heavy atom. The molecular formula is C13H17N3O2. The number of fused-ring (bicyclic) bond motifs is 1. The standard InChI is InChI=1S/C13H17N3O2/c1-8(12(14)17)16-13(18)10-6-2-4-9-5-3-7-15-11(9)10/h2,4,6,8,15H,3,5,7H2,1H3,(H2,14,17)(H,16,18). The van der Waals surface area contributed by atoms with E-state index in [0.29, 0.717) is 5.56 Å². The monoisotopic (exact) mass is 247 g/mol. The summed E-state index contributed by atoms with van der Waals surface area (Å²) in [5, 5.41) is 5.83. The Morgan fingerprint density at radius 3 is 2.94 bits per heavy atom. The molecule has 4 N–H and O–H groups in total. The summed E-state index contributed by atoms with van der Waals surface area (Å²) in [5.41, 5.74) is 7.71. The van der Waals surface area contributed by atoms with E-state index in [2.05, 4.69) is 10.6 Å². The molecule has 0 bridgehead atoms. The van der Waals surface area contributed by atoms with Crippen molar-refractivity contribution in [3.8, 4) is 0 Å². The van der Waals surface area contributed by atoms with E-state index in [1.807, 2.05) is 12.1 Å². The number of hydrogen-bond acceptors (Lipinski definition) is 3. The van der Waals surface area contributed by atoms with Crippen LogP contribution in [0.1, 0.15) is 29.3 Å². The molecule has 0 spiro atoms. The van der Waals surface area contributed by atoms with Crippen LogP contribution in [0, 0.1) is 0 Å². The van der Waals surface area contributed by atoms with Gasteiger partial charge < -0.3 is 16.4 Å². The van der Waals surface area contributed by atoms with Crippen LogP contribution in [0.25, 0.3) is 0 Å². The summed E-state index contributed by atoms with van der Waals surface area (Å²) in [5.74, 6) is -0.811. The maximum atomic E-state index is 12.1. The first kappa shape index (κ1) is 12.4. The van der Waals surface area contributed by atoms with Crippen LogP contribution >= 0.6 is 0 Å². The summed E-state index contributed by atoms with van der Waals surface area (Å²) >= 11 is 0. The summed E-state index contributed by atoms with van der Waals surface area (Å²) in [4.78, 5) is 23.0.